The van der Waals surface area contributed by atoms with Crippen molar-refractivity contribution in [2.24, 2.45) is 0 Å². The van der Waals surface area contributed by atoms with Gasteiger partial charge in [0, 0.05) is 12.1 Å². The molecular formula is C18H14FNO8. The van der Waals surface area contributed by atoms with E-state index in [2.05, 4.69) is 4.74 Å². The molecule has 28 heavy (non-hydrogen) atoms. The zero-order valence-electron chi connectivity index (χ0n) is 14.8. The van der Waals surface area contributed by atoms with E-state index in [4.69, 9.17) is 9.47 Å². The summed E-state index contributed by atoms with van der Waals surface area (Å²) in [7, 11) is 2.36. The summed E-state index contributed by atoms with van der Waals surface area (Å²) < 4.78 is 27.6. The first-order chi connectivity index (χ1) is 13.3. The number of rotatable bonds is 7. The summed E-state index contributed by atoms with van der Waals surface area (Å²) in [6.45, 7) is -0.769. The zero-order chi connectivity index (χ0) is 20.8. The fraction of sp³-hybridized carbons (Fsp3) is 0.167. The average molecular weight is 391 g/mol. The molecule has 0 unspecified atom stereocenters. The van der Waals surface area contributed by atoms with Crippen molar-refractivity contribution in [3.05, 3.63) is 69.0 Å². The first kappa shape index (κ1) is 20.5. The second kappa shape index (κ2) is 8.71. The molecule has 0 bridgehead atoms. The summed E-state index contributed by atoms with van der Waals surface area (Å²) in [6.07, 6.45) is 0. The summed E-state index contributed by atoms with van der Waals surface area (Å²) in [5.74, 6) is -3.32. The third-order valence-corrected chi connectivity index (χ3v) is 3.58. The van der Waals surface area contributed by atoms with Crippen LogP contribution >= 0.6 is 0 Å². The van der Waals surface area contributed by atoms with Gasteiger partial charge in [-0.15, -0.1) is 0 Å². The monoisotopic (exact) mass is 391 g/mol. The van der Waals surface area contributed by atoms with Crippen LogP contribution in [0.5, 0.6) is 5.75 Å². The number of ether oxygens (including phenoxy) is 3. The Morgan fingerprint density at radius 2 is 1.68 bits per heavy atom. The van der Waals surface area contributed by atoms with Gasteiger partial charge in [-0.05, 0) is 24.3 Å². The number of hydrogen-bond acceptors (Lipinski definition) is 8. The van der Waals surface area contributed by atoms with Crippen LogP contribution in [-0.2, 0) is 9.47 Å². The fourth-order valence-corrected chi connectivity index (χ4v) is 2.26. The molecule has 0 aliphatic carbocycles. The van der Waals surface area contributed by atoms with Crippen molar-refractivity contribution < 1.29 is 37.9 Å². The topological polar surface area (TPSA) is 122 Å². The molecule has 0 spiro atoms. The maximum absolute atomic E-state index is 13.4. The number of Topliss-reactive ketones (excluding diaryl/α,β-unsaturated/α-hetero) is 1. The highest BCUT2D eigenvalue weighted by Crippen LogP contribution is 2.21. The highest BCUT2D eigenvalue weighted by Gasteiger charge is 2.21. The molecule has 0 atom stereocenters. The lowest BCUT2D eigenvalue weighted by Crippen LogP contribution is -2.16. The van der Waals surface area contributed by atoms with Crippen LogP contribution in [0.3, 0.4) is 0 Å². The molecule has 0 fully saturated rings. The molecule has 2 aromatic carbocycles. The molecule has 0 aliphatic heterocycles. The Balaban J connectivity index is 2.22. The lowest BCUT2D eigenvalue weighted by atomic mass is 10.1. The van der Waals surface area contributed by atoms with Gasteiger partial charge in [-0.3, -0.25) is 14.9 Å². The van der Waals surface area contributed by atoms with Crippen molar-refractivity contribution in [3.8, 4) is 5.75 Å². The fourth-order valence-electron chi connectivity index (χ4n) is 2.26. The second-order valence-electron chi connectivity index (χ2n) is 5.36. The van der Waals surface area contributed by atoms with Crippen LogP contribution < -0.4 is 4.74 Å². The molecule has 2 rings (SSSR count). The average Bonchev–Trinajstić information content (AvgIpc) is 2.70. The maximum Gasteiger partial charge on any atom is 0.338 e. The quantitative estimate of drug-likeness (QED) is 0.305. The van der Waals surface area contributed by atoms with Crippen molar-refractivity contribution in [2.45, 2.75) is 0 Å². The third-order valence-electron chi connectivity index (χ3n) is 3.58. The number of hydrogen-bond donors (Lipinski definition) is 0. The number of nitrogens with zero attached hydrogens (tertiary/aromatic N) is 1. The Morgan fingerprint density at radius 3 is 2.25 bits per heavy atom. The largest absolute Gasteiger partial charge is 0.496 e. The van der Waals surface area contributed by atoms with Crippen LogP contribution in [-0.4, -0.2) is 43.5 Å². The predicted octanol–water partition coefficient (Wildman–Crippen LogP) is 2.57. The number of nitro groups is 1. The Kier molecular flexibility index (Phi) is 6.38. The van der Waals surface area contributed by atoms with Crippen LogP contribution in [0.15, 0.2) is 36.4 Å². The number of benzene rings is 2. The summed E-state index contributed by atoms with van der Waals surface area (Å²) in [5.41, 5.74) is -1.23. The van der Waals surface area contributed by atoms with Crippen LogP contribution in [0.2, 0.25) is 0 Å². The summed E-state index contributed by atoms with van der Waals surface area (Å²) in [6, 6.07) is 6.13. The SMILES string of the molecule is COC(=O)c1cc(C(=O)OCC(=O)c2cc(F)ccc2OC)cc([N+](=O)[O-])c1. The van der Waals surface area contributed by atoms with E-state index in [-0.39, 0.29) is 22.4 Å². The van der Waals surface area contributed by atoms with Crippen LogP contribution in [0.1, 0.15) is 31.1 Å². The minimum atomic E-state index is -1.09. The van der Waals surface area contributed by atoms with Crippen molar-refractivity contribution >= 4 is 23.4 Å². The van der Waals surface area contributed by atoms with Crippen molar-refractivity contribution in [1.29, 1.82) is 0 Å². The first-order valence-electron chi connectivity index (χ1n) is 7.68. The second-order valence-corrected chi connectivity index (χ2v) is 5.36. The lowest BCUT2D eigenvalue weighted by Gasteiger charge is -2.09. The number of non-ortho nitro benzene ring substituents is 1. The number of esters is 2. The Hall–Kier alpha value is -3.82. The van der Waals surface area contributed by atoms with E-state index in [0.29, 0.717) is 0 Å². The Morgan fingerprint density at radius 1 is 1.04 bits per heavy atom. The van der Waals surface area contributed by atoms with Gasteiger partial charge >= 0.3 is 11.9 Å². The van der Waals surface area contributed by atoms with Crippen molar-refractivity contribution in [1.82, 2.24) is 0 Å². The van der Waals surface area contributed by atoms with E-state index in [0.717, 1.165) is 37.4 Å². The van der Waals surface area contributed by atoms with Gasteiger partial charge < -0.3 is 14.2 Å². The van der Waals surface area contributed by atoms with Gasteiger partial charge in [0.25, 0.3) is 5.69 Å². The highest BCUT2D eigenvalue weighted by atomic mass is 19.1. The predicted molar refractivity (Wildman–Crippen MR) is 92.0 cm³/mol. The molecular weight excluding hydrogens is 377 g/mol. The van der Waals surface area contributed by atoms with E-state index in [1.807, 2.05) is 0 Å². The molecule has 0 aliphatic rings. The maximum atomic E-state index is 13.4. The minimum Gasteiger partial charge on any atom is -0.496 e. The smallest absolute Gasteiger partial charge is 0.338 e. The molecule has 2 aromatic rings. The molecule has 146 valence electrons. The Labute approximate surface area is 157 Å². The van der Waals surface area contributed by atoms with Gasteiger partial charge in [-0.1, -0.05) is 0 Å². The zero-order valence-corrected chi connectivity index (χ0v) is 14.8. The molecule has 0 heterocycles. The number of nitro benzene ring substituents is 1. The molecule has 0 saturated heterocycles. The van der Waals surface area contributed by atoms with E-state index >= 15 is 0 Å². The highest BCUT2D eigenvalue weighted by molar-refractivity contribution is 6.02. The van der Waals surface area contributed by atoms with Gasteiger partial charge in [0.05, 0.1) is 35.8 Å². The number of carbonyl (C=O) groups is 3. The van der Waals surface area contributed by atoms with Crippen LogP contribution in [0.4, 0.5) is 10.1 Å². The van der Waals surface area contributed by atoms with Gasteiger partial charge in [-0.2, -0.15) is 0 Å². The number of ketones is 1. The van der Waals surface area contributed by atoms with E-state index in [1.54, 1.807) is 0 Å². The summed E-state index contributed by atoms with van der Waals surface area (Å²) in [4.78, 5) is 46.2. The number of halogens is 1. The molecule has 0 saturated carbocycles. The third kappa shape index (κ3) is 4.67. The van der Waals surface area contributed by atoms with Gasteiger partial charge in [0.2, 0.25) is 5.78 Å². The summed E-state index contributed by atoms with van der Waals surface area (Å²) in [5, 5.41) is 11.0. The molecule has 0 radical (unpaired) electrons. The van der Waals surface area contributed by atoms with Gasteiger partial charge in [0.1, 0.15) is 11.6 Å². The van der Waals surface area contributed by atoms with Crippen LogP contribution in [0, 0.1) is 15.9 Å². The van der Waals surface area contributed by atoms with Crippen molar-refractivity contribution in [3.63, 3.8) is 0 Å². The normalized spacial score (nSPS) is 10.1. The lowest BCUT2D eigenvalue weighted by molar-refractivity contribution is -0.384. The van der Waals surface area contributed by atoms with Gasteiger partial charge in [0.15, 0.2) is 6.61 Å². The molecule has 0 aromatic heterocycles. The van der Waals surface area contributed by atoms with E-state index in [1.165, 1.54) is 13.2 Å². The molecule has 10 heteroatoms. The number of methoxy groups -OCH3 is 2. The number of carbonyl (C=O) groups excluding carboxylic acids is 3. The van der Waals surface area contributed by atoms with Crippen LogP contribution in [0.25, 0.3) is 0 Å². The summed E-state index contributed by atoms with van der Waals surface area (Å²) >= 11 is 0. The van der Waals surface area contributed by atoms with E-state index in [9.17, 15) is 28.9 Å². The van der Waals surface area contributed by atoms with Crippen molar-refractivity contribution in [2.75, 3.05) is 20.8 Å². The molecule has 0 amide bonds. The molecule has 9 nitrogen and oxygen atoms in total. The Bertz CT molecular complexity index is 957. The standard InChI is InChI=1S/C18H14FNO8/c1-26-16-4-3-12(19)8-14(16)15(21)9-28-18(23)11-5-10(17(22)27-2)6-13(7-11)20(24)25/h3-8H,9H2,1-2H3. The molecule has 0 N–H and O–H groups in total. The van der Waals surface area contributed by atoms with E-state index < -0.39 is 40.8 Å². The minimum absolute atomic E-state index is 0.0887. The van der Waals surface area contributed by atoms with Gasteiger partial charge in [-0.25, -0.2) is 14.0 Å². The first-order valence-corrected chi connectivity index (χ1v) is 7.68.